The summed E-state index contributed by atoms with van der Waals surface area (Å²) in [7, 11) is 3.18. The summed E-state index contributed by atoms with van der Waals surface area (Å²) in [6.07, 6.45) is 3.39. The number of aryl methyl sites for hydroxylation is 1. The predicted octanol–water partition coefficient (Wildman–Crippen LogP) is 2.57. The third-order valence-corrected chi connectivity index (χ3v) is 6.52. The molecule has 2 aromatic heterocycles. The molecule has 1 aliphatic rings. The van der Waals surface area contributed by atoms with Crippen LogP contribution in [0.1, 0.15) is 30.5 Å². The average Bonchev–Trinajstić information content (AvgIpc) is 3.30. The number of rotatable bonds is 7. The first-order valence-electron chi connectivity index (χ1n) is 11.7. The number of β-lactam (4-membered cyclic amide) rings is 1. The Kier molecular flexibility index (Phi) is 7.18. The number of halogens is 2. The van der Waals surface area contributed by atoms with E-state index in [4.69, 9.17) is 5.73 Å². The quantitative estimate of drug-likeness (QED) is 0.470. The van der Waals surface area contributed by atoms with Gasteiger partial charge in [-0.25, -0.2) is 18.6 Å². The van der Waals surface area contributed by atoms with Crippen molar-refractivity contribution in [2.24, 2.45) is 13.0 Å². The molecule has 4 amide bonds. The maximum Gasteiger partial charge on any atom is 0.325 e. The van der Waals surface area contributed by atoms with Gasteiger partial charge in [-0.3, -0.25) is 24.1 Å². The normalized spacial score (nSPS) is 17.8. The topological polar surface area (TPSA) is 126 Å². The Morgan fingerprint density at radius 1 is 1.22 bits per heavy atom. The number of likely N-dealkylation sites (N-methyl/N-ethyl adjacent to an activating group) is 1. The molecular formula is C25H27F2N7O3. The number of amides is 4. The fraction of sp³-hybridized carbons (Fsp3) is 0.320. The number of nitrogen functional groups attached to an aromatic ring is 1. The van der Waals surface area contributed by atoms with E-state index in [0.717, 1.165) is 11.0 Å². The summed E-state index contributed by atoms with van der Waals surface area (Å²) in [5, 5.41) is 6.65. The van der Waals surface area contributed by atoms with Crippen LogP contribution in [-0.4, -0.2) is 50.6 Å². The third kappa shape index (κ3) is 4.86. The number of imide groups is 1. The molecule has 1 aliphatic heterocycles. The molecule has 12 heteroatoms. The number of hydrogen-bond donors (Lipinski definition) is 2. The van der Waals surface area contributed by atoms with Crippen molar-refractivity contribution in [2.45, 2.75) is 31.8 Å². The van der Waals surface area contributed by atoms with Gasteiger partial charge in [-0.2, -0.15) is 5.10 Å². The van der Waals surface area contributed by atoms with Crippen molar-refractivity contribution in [1.82, 2.24) is 25.0 Å². The zero-order valence-electron chi connectivity index (χ0n) is 20.6. The van der Waals surface area contributed by atoms with Crippen molar-refractivity contribution < 1.29 is 23.2 Å². The Hall–Kier alpha value is -4.35. The van der Waals surface area contributed by atoms with Crippen molar-refractivity contribution >= 4 is 29.5 Å². The van der Waals surface area contributed by atoms with Crippen LogP contribution < -0.4 is 16.0 Å². The smallest absolute Gasteiger partial charge is 0.325 e. The molecule has 0 saturated carbocycles. The Bertz CT molecular complexity index is 1350. The summed E-state index contributed by atoms with van der Waals surface area (Å²) in [5.41, 5.74) is 6.39. The fourth-order valence-corrected chi connectivity index (χ4v) is 4.55. The minimum atomic E-state index is -1.14. The Balaban J connectivity index is 1.62. The number of urea groups is 1. The number of anilines is 2. The third-order valence-electron chi connectivity index (χ3n) is 6.52. The lowest BCUT2D eigenvalue weighted by atomic mass is 9.81. The molecule has 1 aromatic carbocycles. The van der Waals surface area contributed by atoms with E-state index in [2.05, 4.69) is 15.4 Å². The first-order valence-corrected chi connectivity index (χ1v) is 11.7. The lowest BCUT2D eigenvalue weighted by Crippen LogP contribution is -2.70. The maximum absolute atomic E-state index is 14.4. The maximum atomic E-state index is 14.4. The van der Waals surface area contributed by atoms with Gasteiger partial charge < -0.3 is 11.1 Å². The first kappa shape index (κ1) is 25.7. The summed E-state index contributed by atoms with van der Waals surface area (Å²) in [5.74, 6) is -3.33. The summed E-state index contributed by atoms with van der Waals surface area (Å²) in [6, 6.07) is 5.65. The molecule has 1 fully saturated rings. The molecule has 3 atom stereocenters. The van der Waals surface area contributed by atoms with Gasteiger partial charge in [0.25, 0.3) is 5.91 Å². The number of nitrogens with two attached hydrogens (primary N) is 1. The molecule has 3 aromatic rings. The summed E-state index contributed by atoms with van der Waals surface area (Å²) in [6.45, 7) is 1.68. The number of likely N-dealkylation sites (tertiary alicyclic amines) is 1. The number of nitrogens with one attached hydrogen (secondary N) is 1. The monoisotopic (exact) mass is 511 g/mol. The largest absolute Gasteiger partial charge is 0.384 e. The molecule has 3 heterocycles. The molecular weight excluding hydrogens is 484 g/mol. The van der Waals surface area contributed by atoms with Gasteiger partial charge in [0.2, 0.25) is 5.91 Å². The second-order valence-electron chi connectivity index (χ2n) is 8.82. The molecule has 194 valence electrons. The highest BCUT2D eigenvalue weighted by Crippen LogP contribution is 2.33. The molecule has 0 radical (unpaired) electrons. The van der Waals surface area contributed by atoms with E-state index in [-0.39, 0.29) is 24.2 Å². The standard InChI is InChI=1S/C25H27F2N7O3/c1-4-18(15-6-5-7-17(26)21(15)27)31-25(37)34-22(24(36)32(2)20-9-11-30-33(20)3)16(23(34)35)12-14-8-10-29-19(28)13-14/h5-11,13,16,18,22H,4,12H2,1-3H3,(H2,28,29)(H,31,37)/t16-,18?,22+/m1/s1. The SMILES string of the molecule is CCC(NC(=O)N1C(=O)[C@H](Cc2ccnc(N)c2)[C@H]1C(=O)N(C)c1ccnn1C)c1cccc(F)c1F. The van der Waals surface area contributed by atoms with Gasteiger partial charge in [-0.05, 0) is 36.6 Å². The number of benzene rings is 1. The van der Waals surface area contributed by atoms with Crippen molar-refractivity contribution in [1.29, 1.82) is 0 Å². The zero-order valence-corrected chi connectivity index (χ0v) is 20.6. The molecule has 1 saturated heterocycles. The van der Waals surface area contributed by atoms with Gasteiger partial charge >= 0.3 is 6.03 Å². The van der Waals surface area contributed by atoms with Gasteiger partial charge in [-0.1, -0.05) is 19.1 Å². The summed E-state index contributed by atoms with van der Waals surface area (Å²) in [4.78, 5) is 46.2. The van der Waals surface area contributed by atoms with E-state index in [1.165, 1.54) is 41.2 Å². The minimum Gasteiger partial charge on any atom is -0.384 e. The first-order chi connectivity index (χ1) is 17.6. The van der Waals surface area contributed by atoms with Crippen LogP contribution in [0, 0.1) is 17.6 Å². The molecule has 1 unspecified atom stereocenters. The Labute approximate surface area is 212 Å². The zero-order chi connectivity index (χ0) is 26.9. The van der Waals surface area contributed by atoms with Crippen LogP contribution in [0.4, 0.5) is 25.2 Å². The number of carbonyl (C=O) groups excluding carboxylic acids is 3. The molecule has 4 rings (SSSR count). The molecule has 3 N–H and O–H groups in total. The van der Waals surface area contributed by atoms with Crippen LogP contribution in [0.25, 0.3) is 0 Å². The molecule has 37 heavy (non-hydrogen) atoms. The van der Waals surface area contributed by atoms with E-state index in [0.29, 0.717) is 11.4 Å². The second-order valence-corrected chi connectivity index (χ2v) is 8.82. The number of pyridine rings is 1. The Morgan fingerprint density at radius 3 is 2.62 bits per heavy atom. The van der Waals surface area contributed by atoms with E-state index >= 15 is 0 Å². The van der Waals surface area contributed by atoms with Crippen LogP contribution in [0.3, 0.4) is 0 Å². The Morgan fingerprint density at radius 2 is 1.97 bits per heavy atom. The number of nitrogens with zero attached hydrogens (tertiary/aromatic N) is 5. The van der Waals surface area contributed by atoms with Crippen LogP contribution in [0.5, 0.6) is 0 Å². The van der Waals surface area contributed by atoms with Crippen molar-refractivity contribution in [3.63, 3.8) is 0 Å². The van der Waals surface area contributed by atoms with Crippen molar-refractivity contribution in [3.05, 3.63) is 71.6 Å². The van der Waals surface area contributed by atoms with Gasteiger partial charge in [0.05, 0.1) is 18.2 Å². The fourth-order valence-electron chi connectivity index (χ4n) is 4.55. The molecule has 0 bridgehead atoms. The van der Waals surface area contributed by atoms with Gasteiger partial charge in [0.15, 0.2) is 11.6 Å². The number of hydrogen-bond acceptors (Lipinski definition) is 6. The second kappa shape index (κ2) is 10.3. The van der Waals surface area contributed by atoms with E-state index in [1.54, 1.807) is 32.2 Å². The van der Waals surface area contributed by atoms with Gasteiger partial charge in [0, 0.05) is 31.9 Å². The highest BCUT2D eigenvalue weighted by atomic mass is 19.2. The van der Waals surface area contributed by atoms with E-state index in [1.807, 2.05) is 0 Å². The minimum absolute atomic E-state index is 0.0532. The molecule has 10 nitrogen and oxygen atoms in total. The van der Waals surface area contributed by atoms with Crippen LogP contribution in [-0.2, 0) is 23.1 Å². The van der Waals surface area contributed by atoms with Crippen LogP contribution >= 0.6 is 0 Å². The lowest BCUT2D eigenvalue weighted by Gasteiger charge is -2.46. The number of carbonyl (C=O) groups is 3. The predicted molar refractivity (Wildman–Crippen MR) is 131 cm³/mol. The highest BCUT2D eigenvalue weighted by Gasteiger charge is 2.55. The number of aromatic nitrogens is 3. The van der Waals surface area contributed by atoms with Crippen molar-refractivity contribution in [2.75, 3.05) is 17.7 Å². The summed E-state index contributed by atoms with van der Waals surface area (Å²) >= 11 is 0. The lowest BCUT2D eigenvalue weighted by molar-refractivity contribution is -0.156. The van der Waals surface area contributed by atoms with Crippen LogP contribution in [0.2, 0.25) is 0 Å². The van der Waals surface area contributed by atoms with E-state index < -0.39 is 47.5 Å². The van der Waals surface area contributed by atoms with Crippen LogP contribution in [0.15, 0.2) is 48.8 Å². The summed E-state index contributed by atoms with van der Waals surface area (Å²) < 4.78 is 29.7. The average molecular weight is 512 g/mol. The molecule has 0 spiro atoms. The van der Waals surface area contributed by atoms with Gasteiger partial charge in [0.1, 0.15) is 17.7 Å². The highest BCUT2D eigenvalue weighted by molar-refractivity contribution is 6.12. The molecule has 0 aliphatic carbocycles. The van der Waals surface area contributed by atoms with Crippen molar-refractivity contribution in [3.8, 4) is 0 Å². The van der Waals surface area contributed by atoms with E-state index in [9.17, 15) is 23.2 Å². The van der Waals surface area contributed by atoms with Gasteiger partial charge in [-0.15, -0.1) is 0 Å².